The molecule has 5 heteroatoms. The van der Waals surface area contributed by atoms with Crippen molar-refractivity contribution in [2.45, 2.75) is 32.7 Å². The highest BCUT2D eigenvalue weighted by Gasteiger charge is 2.13. The molecule has 2 aromatic carbocycles. The van der Waals surface area contributed by atoms with Crippen molar-refractivity contribution in [3.63, 3.8) is 0 Å². The molecule has 0 aliphatic rings. The van der Waals surface area contributed by atoms with Crippen LogP contribution in [0.3, 0.4) is 0 Å². The quantitative estimate of drug-likeness (QED) is 0.734. The van der Waals surface area contributed by atoms with Crippen LogP contribution in [-0.4, -0.2) is 19.6 Å². The summed E-state index contributed by atoms with van der Waals surface area (Å²) in [5, 5.41) is 4.96. The molecular formula is C20H26BrN2O2+. The number of ether oxygens (including phenoxy) is 1. The molecule has 134 valence electrons. The molecule has 0 unspecified atom stereocenters. The first-order valence-corrected chi connectivity index (χ1v) is 9.26. The first-order chi connectivity index (χ1) is 11.9. The monoisotopic (exact) mass is 405 g/mol. The van der Waals surface area contributed by atoms with E-state index in [1.54, 1.807) is 7.11 Å². The lowest BCUT2D eigenvalue weighted by Crippen LogP contribution is -2.86. The SMILES string of the molecule is COc1ccc([C@@H](C)[NH2+]CC(=O)Nc2ccc(C(C)C)cc2)cc1Br. The molecule has 1 amide bonds. The van der Waals surface area contributed by atoms with E-state index >= 15 is 0 Å². The van der Waals surface area contributed by atoms with Gasteiger partial charge in [-0.1, -0.05) is 26.0 Å². The average Bonchev–Trinajstić information content (AvgIpc) is 2.60. The van der Waals surface area contributed by atoms with Crippen LogP contribution in [0.15, 0.2) is 46.9 Å². The van der Waals surface area contributed by atoms with E-state index in [2.05, 4.69) is 54.2 Å². The van der Waals surface area contributed by atoms with Crippen molar-refractivity contribution in [3.8, 4) is 5.75 Å². The number of methoxy groups -OCH3 is 1. The minimum atomic E-state index is -0.00303. The second kappa shape index (κ2) is 9.02. The van der Waals surface area contributed by atoms with Gasteiger partial charge < -0.3 is 15.4 Å². The maximum atomic E-state index is 12.2. The van der Waals surface area contributed by atoms with Gasteiger partial charge in [0.1, 0.15) is 11.8 Å². The molecule has 0 saturated heterocycles. The molecule has 1 atom stereocenters. The molecule has 0 aliphatic heterocycles. The van der Waals surface area contributed by atoms with Crippen molar-refractivity contribution < 1.29 is 14.8 Å². The number of carbonyl (C=O) groups excluding carboxylic acids is 1. The van der Waals surface area contributed by atoms with Crippen LogP contribution in [0, 0.1) is 0 Å². The third-order valence-electron chi connectivity index (χ3n) is 4.22. The average molecular weight is 406 g/mol. The van der Waals surface area contributed by atoms with E-state index in [4.69, 9.17) is 4.74 Å². The van der Waals surface area contributed by atoms with Crippen molar-refractivity contribution in [1.82, 2.24) is 0 Å². The molecule has 0 spiro atoms. The zero-order valence-electron chi connectivity index (χ0n) is 15.2. The van der Waals surface area contributed by atoms with Gasteiger partial charge in [0, 0.05) is 11.3 Å². The molecule has 0 bridgehead atoms. The lowest BCUT2D eigenvalue weighted by molar-refractivity contribution is -0.682. The summed E-state index contributed by atoms with van der Waals surface area (Å²) in [6, 6.07) is 14.2. The summed E-state index contributed by atoms with van der Waals surface area (Å²) < 4.78 is 6.17. The molecule has 0 heterocycles. The van der Waals surface area contributed by atoms with E-state index in [0.717, 1.165) is 21.5 Å². The predicted octanol–water partition coefficient (Wildman–Crippen LogP) is 3.84. The Morgan fingerprint density at radius 3 is 2.32 bits per heavy atom. The molecule has 0 saturated carbocycles. The lowest BCUT2D eigenvalue weighted by Gasteiger charge is -2.13. The standard InChI is InChI=1S/C20H25BrN2O2/c1-13(2)15-5-8-17(9-6-15)23-20(24)12-22-14(3)16-7-10-19(25-4)18(21)11-16/h5-11,13-14,22H,12H2,1-4H3,(H,23,24)/p+1/t14-/m1/s1. The smallest absolute Gasteiger partial charge is 0.279 e. The zero-order valence-corrected chi connectivity index (χ0v) is 16.8. The summed E-state index contributed by atoms with van der Waals surface area (Å²) in [5.41, 5.74) is 3.24. The number of benzene rings is 2. The number of anilines is 1. The largest absolute Gasteiger partial charge is 0.496 e. The highest BCUT2D eigenvalue weighted by molar-refractivity contribution is 9.10. The van der Waals surface area contributed by atoms with Gasteiger partial charge in [0.05, 0.1) is 11.6 Å². The maximum Gasteiger partial charge on any atom is 0.279 e. The van der Waals surface area contributed by atoms with Crippen molar-refractivity contribution in [1.29, 1.82) is 0 Å². The van der Waals surface area contributed by atoms with E-state index < -0.39 is 0 Å². The fourth-order valence-corrected chi connectivity index (χ4v) is 3.11. The Morgan fingerprint density at radius 1 is 1.12 bits per heavy atom. The van der Waals surface area contributed by atoms with Gasteiger partial charge in [-0.2, -0.15) is 0 Å². The Kier molecular flexibility index (Phi) is 7.02. The Labute approximate surface area is 158 Å². The minimum Gasteiger partial charge on any atom is -0.496 e. The zero-order chi connectivity index (χ0) is 18.4. The summed E-state index contributed by atoms with van der Waals surface area (Å²) >= 11 is 3.50. The van der Waals surface area contributed by atoms with E-state index in [1.807, 2.05) is 35.6 Å². The summed E-state index contributed by atoms with van der Waals surface area (Å²) in [4.78, 5) is 12.2. The van der Waals surface area contributed by atoms with Gasteiger partial charge in [0.15, 0.2) is 6.54 Å². The van der Waals surface area contributed by atoms with Crippen molar-refractivity contribution in [2.24, 2.45) is 0 Å². The number of hydrogen-bond donors (Lipinski definition) is 2. The molecule has 0 fully saturated rings. The minimum absolute atomic E-state index is 0.00303. The summed E-state index contributed by atoms with van der Waals surface area (Å²) in [5.74, 6) is 1.29. The van der Waals surface area contributed by atoms with E-state index in [9.17, 15) is 4.79 Å². The van der Waals surface area contributed by atoms with Crippen LogP contribution < -0.4 is 15.4 Å². The van der Waals surface area contributed by atoms with Crippen LogP contribution in [0.2, 0.25) is 0 Å². The number of halogens is 1. The Bertz CT molecular complexity index is 714. The molecule has 0 aromatic heterocycles. The van der Waals surface area contributed by atoms with E-state index in [1.165, 1.54) is 5.56 Å². The first-order valence-electron chi connectivity index (χ1n) is 8.47. The predicted molar refractivity (Wildman–Crippen MR) is 105 cm³/mol. The van der Waals surface area contributed by atoms with E-state index in [-0.39, 0.29) is 11.9 Å². The Balaban J connectivity index is 1.87. The molecule has 2 aromatic rings. The van der Waals surface area contributed by atoms with Crippen LogP contribution in [-0.2, 0) is 4.79 Å². The highest BCUT2D eigenvalue weighted by atomic mass is 79.9. The van der Waals surface area contributed by atoms with Crippen LogP contribution in [0.1, 0.15) is 43.9 Å². The van der Waals surface area contributed by atoms with E-state index in [0.29, 0.717) is 12.5 Å². The van der Waals surface area contributed by atoms with Crippen molar-refractivity contribution in [3.05, 3.63) is 58.1 Å². The van der Waals surface area contributed by atoms with Gasteiger partial charge in [-0.05, 0) is 64.7 Å². The number of hydrogen-bond acceptors (Lipinski definition) is 2. The van der Waals surface area contributed by atoms with Gasteiger partial charge in [-0.3, -0.25) is 4.79 Å². The van der Waals surface area contributed by atoms with Crippen LogP contribution in [0.25, 0.3) is 0 Å². The highest BCUT2D eigenvalue weighted by Crippen LogP contribution is 2.27. The fraction of sp³-hybridized carbons (Fsp3) is 0.350. The van der Waals surface area contributed by atoms with Gasteiger partial charge in [-0.15, -0.1) is 0 Å². The molecule has 0 radical (unpaired) electrons. The third kappa shape index (κ3) is 5.58. The molecule has 2 rings (SSSR count). The Hall–Kier alpha value is -1.85. The molecule has 0 aliphatic carbocycles. The summed E-state index contributed by atoms with van der Waals surface area (Å²) in [6.07, 6.45) is 0. The number of amides is 1. The molecule has 3 N–H and O–H groups in total. The molecule has 25 heavy (non-hydrogen) atoms. The second-order valence-electron chi connectivity index (χ2n) is 6.45. The van der Waals surface area contributed by atoms with Crippen molar-refractivity contribution >= 4 is 27.5 Å². The number of carbonyl (C=O) groups is 1. The number of nitrogens with two attached hydrogens (primary N) is 1. The Morgan fingerprint density at radius 2 is 1.76 bits per heavy atom. The third-order valence-corrected chi connectivity index (χ3v) is 4.84. The van der Waals surface area contributed by atoms with Crippen molar-refractivity contribution in [2.75, 3.05) is 19.0 Å². The number of quaternary nitrogens is 1. The van der Waals surface area contributed by atoms with Gasteiger partial charge >= 0.3 is 0 Å². The summed E-state index contributed by atoms with van der Waals surface area (Å²) in [7, 11) is 1.65. The summed E-state index contributed by atoms with van der Waals surface area (Å²) in [6.45, 7) is 6.76. The fourth-order valence-electron chi connectivity index (χ4n) is 2.55. The van der Waals surface area contributed by atoms with Crippen LogP contribution >= 0.6 is 15.9 Å². The molecule has 4 nitrogen and oxygen atoms in total. The maximum absolute atomic E-state index is 12.2. The topological polar surface area (TPSA) is 54.9 Å². The van der Waals surface area contributed by atoms with Crippen LogP contribution in [0.5, 0.6) is 5.75 Å². The van der Waals surface area contributed by atoms with Gasteiger partial charge in [0.25, 0.3) is 5.91 Å². The van der Waals surface area contributed by atoms with Gasteiger partial charge in [-0.25, -0.2) is 0 Å². The number of rotatable bonds is 7. The normalized spacial score (nSPS) is 12.1. The molecular weight excluding hydrogens is 380 g/mol. The number of nitrogens with one attached hydrogen (secondary N) is 1. The lowest BCUT2D eigenvalue weighted by atomic mass is 10.0. The van der Waals surface area contributed by atoms with Crippen LogP contribution in [0.4, 0.5) is 5.69 Å². The second-order valence-corrected chi connectivity index (χ2v) is 7.30. The van der Waals surface area contributed by atoms with Gasteiger partial charge in [0.2, 0.25) is 0 Å². The first kappa shape index (κ1) is 19.5.